The first-order chi connectivity index (χ1) is 12.5. The van der Waals surface area contributed by atoms with Gasteiger partial charge >= 0.3 is 0 Å². The second-order valence-corrected chi connectivity index (χ2v) is 5.88. The van der Waals surface area contributed by atoms with Gasteiger partial charge < -0.3 is 14.8 Å². The third kappa shape index (κ3) is 3.39. The van der Waals surface area contributed by atoms with Crippen LogP contribution in [0.25, 0.3) is 5.70 Å². The van der Waals surface area contributed by atoms with Crippen molar-refractivity contribution >= 4 is 17.5 Å². The lowest BCUT2D eigenvalue weighted by Gasteiger charge is -2.17. The van der Waals surface area contributed by atoms with Crippen molar-refractivity contribution in [2.75, 3.05) is 20.8 Å². The number of nitrogens with zero attached hydrogens (tertiary/aromatic N) is 1. The highest BCUT2D eigenvalue weighted by atomic mass is 16.5. The molecule has 0 aliphatic carbocycles. The minimum Gasteiger partial charge on any atom is -0.497 e. The van der Waals surface area contributed by atoms with Crippen LogP contribution in [0.3, 0.4) is 0 Å². The van der Waals surface area contributed by atoms with Crippen molar-refractivity contribution in [3.63, 3.8) is 0 Å². The van der Waals surface area contributed by atoms with Gasteiger partial charge in [-0.2, -0.15) is 0 Å². The van der Waals surface area contributed by atoms with Crippen molar-refractivity contribution in [2.24, 2.45) is 0 Å². The van der Waals surface area contributed by atoms with Gasteiger partial charge in [-0.15, -0.1) is 0 Å². The van der Waals surface area contributed by atoms with E-state index < -0.39 is 0 Å². The highest BCUT2D eigenvalue weighted by molar-refractivity contribution is 6.10. The van der Waals surface area contributed by atoms with Crippen molar-refractivity contribution in [3.05, 3.63) is 65.7 Å². The number of fused-ring (bicyclic) bond motifs is 1. The van der Waals surface area contributed by atoms with Gasteiger partial charge in [-0.25, -0.2) is 0 Å². The van der Waals surface area contributed by atoms with Gasteiger partial charge in [-0.05, 0) is 23.8 Å². The Kier molecular flexibility index (Phi) is 4.93. The maximum Gasteiger partial charge on any atom is 0.259 e. The van der Waals surface area contributed by atoms with Crippen LogP contribution in [0.1, 0.15) is 21.5 Å². The molecule has 0 fully saturated rings. The molecule has 134 valence electrons. The molecule has 1 aliphatic rings. The molecule has 2 aromatic carbocycles. The molecular formula is C20H20N2O4. The van der Waals surface area contributed by atoms with E-state index in [1.54, 1.807) is 32.4 Å². The molecule has 0 aromatic heterocycles. The average molecular weight is 352 g/mol. The zero-order valence-electron chi connectivity index (χ0n) is 14.7. The zero-order valence-corrected chi connectivity index (χ0v) is 14.7. The monoisotopic (exact) mass is 352 g/mol. The van der Waals surface area contributed by atoms with E-state index in [9.17, 15) is 9.59 Å². The Morgan fingerprint density at radius 1 is 1.08 bits per heavy atom. The summed E-state index contributed by atoms with van der Waals surface area (Å²) in [7, 11) is 3.14. The van der Waals surface area contributed by atoms with Gasteiger partial charge in [0.05, 0.1) is 14.2 Å². The predicted octanol–water partition coefficient (Wildman–Crippen LogP) is 2.45. The lowest BCUT2D eigenvalue weighted by Crippen LogP contribution is -2.36. The van der Waals surface area contributed by atoms with Crippen LogP contribution in [0.2, 0.25) is 0 Å². The third-order valence-corrected chi connectivity index (χ3v) is 4.24. The molecule has 1 N–H and O–H groups in total. The zero-order chi connectivity index (χ0) is 18.7. The van der Waals surface area contributed by atoms with Crippen LogP contribution in [0, 0.1) is 0 Å². The number of rotatable bonds is 6. The van der Waals surface area contributed by atoms with E-state index in [0.29, 0.717) is 29.3 Å². The number of carbonyl (C=O) groups is 2. The number of hydrogen-bond donors (Lipinski definition) is 1. The lowest BCUT2D eigenvalue weighted by atomic mass is 10.1. The largest absolute Gasteiger partial charge is 0.497 e. The van der Waals surface area contributed by atoms with Crippen LogP contribution >= 0.6 is 0 Å². The van der Waals surface area contributed by atoms with E-state index in [1.807, 2.05) is 24.3 Å². The van der Waals surface area contributed by atoms with Crippen LogP contribution < -0.4 is 14.8 Å². The summed E-state index contributed by atoms with van der Waals surface area (Å²) in [6, 6.07) is 12.6. The summed E-state index contributed by atoms with van der Waals surface area (Å²) in [5.74, 6) is 0.817. The Hall–Kier alpha value is -3.28. The average Bonchev–Trinajstić information content (AvgIpc) is 2.91. The molecule has 0 bridgehead atoms. The molecule has 6 heteroatoms. The minimum atomic E-state index is -0.269. The summed E-state index contributed by atoms with van der Waals surface area (Å²) < 4.78 is 10.4. The van der Waals surface area contributed by atoms with Gasteiger partial charge in [0.2, 0.25) is 5.91 Å². The molecule has 3 rings (SSSR count). The molecule has 0 atom stereocenters. The van der Waals surface area contributed by atoms with E-state index in [4.69, 9.17) is 9.47 Å². The normalized spacial score (nSPS) is 12.8. The molecule has 1 aliphatic heterocycles. The Morgan fingerprint density at radius 3 is 2.27 bits per heavy atom. The van der Waals surface area contributed by atoms with Crippen LogP contribution in [0.5, 0.6) is 11.5 Å². The van der Waals surface area contributed by atoms with Crippen molar-refractivity contribution in [2.45, 2.75) is 6.54 Å². The first-order valence-electron chi connectivity index (χ1n) is 8.12. The first-order valence-corrected chi connectivity index (χ1v) is 8.12. The van der Waals surface area contributed by atoms with E-state index >= 15 is 0 Å². The number of ether oxygens (including phenoxy) is 2. The first kappa shape index (κ1) is 17.5. The second kappa shape index (κ2) is 7.31. The van der Waals surface area contributed by atoms with Crippen LogP contribution in [-0.4, -0.2) is 37.5 Å². The van der Waals surface area contributed by atoms with Crippen molar-refractivity contribution in [3.8, 4) is 11.5 Å². The fraction of sp³-hybridized carbons (Fsp3) is 0.200. The Balaban J connectivity index is 1.64. The summed E-state index contributed by atoms with van der Waals surface area (Å²) >= 11 is 0. The van der Waals surface area contributed by atoms with Gasteiger partial charge in [0.15, 0.2) is 0 Å². The molecule has 0 spiro atoms. The summed E-state index contributed by atoms with van der Waals surface area (Å²) in [6.45, 7) is 4.16. The standard InChI is InChI=1S/C20H20N2O4/c1-13-17-6-4-5-7-18(17)20(24)22(13)12-19(23)21-11-14-8-15(25-2)10-16(9-14)26-3/h4-10H,1,11-12H2,2-3H3,(H,21,23). The predicted molar refractivity (Wildman–Crippen MR) is 97.9 cm³/mol. The molecule has 6 nitrogen and oxygen atoms in total. The van der Waals surface area contributed by atoms with E-state index in [2.05, 4.69) is 11.9 Å². The third-order valence-electron chi connectivity index (χ3n) is 4.24. The SMILES string of the molecule is C=C1c2ccccc2C(=O)N1CC(=O)NCc1cc(OC)cc(OC)c1. The molecule has 0 saturated heterocycles. The Labute approximate surface area is 152 Å². The number of amides is 2. The van der Waals surface area contributed by atoms with Gasteiger partial charge in [0.25, 0.3) is 5.91 Å². The molecule has 2 aromatic rings. The maximum absolute atomic E-state index is 12.4. The lowest BCUT2D eigenvalue weighted by molar-refractivity contribution is -0.121. The number of carbonyl (C=O) groups excluding carboxylic acids is 2. The highest BCUT2D eigenvalue weighted by Crippen LogP contribution is 2.30. The smallest absolute Gasteiger partial charge is 0.259 e. The summed E-state index contributed by atoms with van der Waals surface area (Å²) in [4.78, 5) is 26.1. The minimum absolute atomic E-state index is 0.0759. The fourth-order valence-corrected chi connectivity index (χ4v) is 2.87. The fourth-order valence-electron chi connectivity index (χ4n) is 2.87. The van der Waals surface area contributed by atoms with E-state index in [0.717, 1.165) is 11.1 Å². The van der Waals surface area contributed by atoms with Gasteiger partial charge in [-0.1, -0.05) is 24.8 Å². The molecule has 2 amide bonds. The molecule has 0 unspecified atom stereocenters. The number of methoxy groups -OCH3 is 2. The Morgan fingerprint density at radius 2 is 1.69 bits per heavy atom. The van der Waals surface area contributed by atoms with Crippen molar-refractivity contribution in [1.82, 2.24) is 10.2 Å². The quantitative estimate of drug-likeness (QED) is 0.867. The molecule has 0 saturated carbocycles. The topological polar surface area (TPSA) is 67.9 Å². The van der Waals surface area contributed by atoms with Crippen LogP contribution in [0.15, 0.2) is 49.0 Å². The van der Waals surface area contributed by atoms with Gasteiger partial charge in [-0.3, -0.25) is 14.5 Å². The highest BCUT2D eigenvalue weighted by Gasteiger charge is 2.31. The van der Waals surface area contributed by atoms with Crippen molar-refractivity contribution in [1.29, 1.82) is 0 Å². The van der Waals surface area contributed by atoms with Gasteiger partial charge in [0.1, 0.15) is 18.0 Å². The van der Waals surface area contributed by atoms with E-state index in [-0.39, 0.29) is 18.4 Å². The molecule has 26 heavy (non-hydrogen) atoms. The van der Waals surface area contributed by atoms with Crippen LogP contribution in [0.4, 0.5) is 0 Å². The number of hydrogen-bond acceptors (Lipinski definition) is 4. The summed E-state index contributed by atoms with van der Waals surface area (Å²) in [5, 5.41) is 2.81. The second-order valence-electron chi connectivity index (χ2n) is 5.88. The maximum atomic E-state index is 12.4. The Bertz CT molecular complexity index is 819. The molecule has 1 heterocycles. The van der Waals surface area contributed by atoms with E-state index in [1.165, 1.54) is 4.90 Å². The number of nitrogens with one attached hydrogen (secondary N) is 1. The van der Waals surface area contributed by atoms with Crippen LogP contribution in [-0.2, 0) is 11.3 Å². The molecular weight excluding hydrogens is 332 g/mol. The number of benzene rings is 2. The summed E-state index contributed by atoms with van der Waals surface area (Å²) in [5.41, 5.74) is 2.72. The van der Waals surface area contributed by atoms with Gasteiger partial charge in [0, 0.05) is 29.4 Å². The molecule has 0 radical (unpaired) electrons. The summed E-state index contributed by atoms with van der Waals surface area (Å²) in [6.07, 6.45) is 0. The van der Waals surface area contributed by atoms with Crippen molar-refractivity contribution < 1.29 is 19.1 Å².